The molecular formula is C17H19N3O2S. The van der Waals surface area contributed by atoms with Crippen LogP contribution in [0.4, 0.5) is 10.5 Å². The molecule has 0 bridgehead atoms. The van der Waals surface area contributed by atoms with Gasteiger partial charge in [-0.3, -0.25) is 4.79 Å². The van der Waals surface area contributed by atoms with Gasteiger partial charge in [0.25, 0.3) is 5.91 Å². The van der Waals surface area contributed by atoms with Crippen molar-refractivity contribution in [1.29, 1.82) is 0 Å². The minimum atomic E-state index is -0.630. The highest BCUT2D eigenvalue weighted by atomic mass is 32.2. The Morgan fingerprint density at radius 2 is 1.70 bits per heavy atom. The van der Waals surface area contributed by atoms with Gasteiger partial charge in [0.1, 0.15) is 0 Å². The van der Waals surface area contributed by atoms with E-state index in [1.807, 2.05) is 30.5 Å². The number of primary amides is 1. The fourth-order valence-corrected chi connectivity index (χ4v) is 2.54. The average Bonchev–Trinajstić information content (AvgIpc) is 2.55. The summed E-state index contributed by atoms with van der Waals surface area (Å²) < 4.78 is 0. The van der Waals surface area contributed by atoms with E-state index in [1.54, 1.807) is 48.0 Å². The fourth-order valence-electron chi connectivity index (χ4n) is 2.14. The van der Waals surface area contributed by atoms with E-state index in [0.29, 0.717) is 17.8 Å². The third-order valence-electron chi connectivity index (χ3n) is 3.32. The van der Waals surface area contributed by atoms with E-state index in [9.17, 15) is 9.59 Å². The summed E-state index contributed by atoms with van der Waals surface area (Å²) in [6.45, 7) is 0.536. The molecule has 0 atom stereocenters. The van der Waals surface area contributed by atoms with E-state index in [0.717, 1.165) is 5.56 Å². The van der Waals surface area contributed by atoms with E-state index in [1.165, 1.54) is 4.90 Å². The van der Waals surface area contributed by atoms with Crippen molar-refractivity contribution in [2.45, 2.75) is 11.4 Å². The van der Waals surface area contributed by atoms with Gasteiger partial charge in [-0.05, 0) is 48.2 Å². The minimum absolute atomic E-state index is 0.0791. The van der Waals surface area contributed by atoms with Crippen molar-refractivity contribution < 1.29 is 9.59 Å². The largest absolute Gasteiger partial charge is 0.351 e. The van der Waals surface area contributed by atoms with Crippen LogP contribution in [0.3, 0.4) is 0 Å². The van der Waals surface area contributed by atoms with Crippen LogP contribution in [0.1, 0.15) is 15.9 Å². The van der Waals surface area contributed by atoms with Crippen molar-refractivity contribution in [2.24, 2.45) is 5.73 Å². The number of amides is 3. The molecule has 0 spiro atoms. The minimum Gasteiger partial charge on any atom is -0.351 e. The number of hydrogen-bond donors (Lipinski definition) is 2. The second kappa shape index (κ2) is 7.69. The van der Waals surface area contributed by atoms with Crippen LogP contribution in [0.5, 0.6) is 0 Å². The number of hydrogen-bond acceptors (Lipinski definition) is 3. The predicted molar refractivity (Wildman–Crippen MR) is 93.7 cm³/mol. The third-order valence-corrected chi connectivity index (χ3v) is 4.07. The molecule has 0 aromatic heterocycles. The van der Waals surface area contributed by atoms with E-state index in [-0.39, 0.29) is 5.91 Å². The summed E-state index contributed by atoms with van der Waals surface area (Å²) in [6, 6.07) is 14.1. The molecule has 0 saturated heterocycles. The number of nitrogens with one attached hydrogen (secondary N) is 1. The monoisotopic (exact) mass is 329 g/mol. The zero-order chi connectivity index (χ0) is 16.8. The number of thioether (sulfide) groups is 1. The lowest BCUT2D eigenvalue weighted by molar-refractivity contribution is 0.0785. The van der Waals surface area contributed by atoms with Crippen LogP contribution in [0.25, 0.3) is 0 Å². The predicted octanol–water partition coefficient (Wildman–Crippen LogP) is 3.17. The number of carbonyl (C=O) groups is 2. The van der Waals surface area contributed by atoms with Gasteiger partial charge in [-0.2, -0.15) is 0 Å². The van der Waals surface area contributed by atoms with Crippen molar-refractivity contribution in [3.05, 3.63) is 59.7 Å². The molecule has 5 nitrogen and oxygen atoms in total. The van der Waals surface area contributed by atoms with Crippen molar-refractivity contribution in [3.63, 3.8) is 0 Å². The van der Waals surface area contributed by atoms with Crippen LogP contribution in [0.15, 0.2) is 53.4 Å². The smallest absolute Gasteiger partial charge is 0.316 e. The van der Waals surface area contributed by atoms with Crippen molar-refractivity contribution in [3.8, 4) is 0 Å². The first-order valence-electron chi connectivity index (χ1n) is 7.04. The molecule has 3 amide bonds. The molecule has 0 aliphatic heterocycles. The van der Waals surface area contributed by atoms with Gasteiger partial charge in [-0.1, -0.05) is 12.1 Å². The molecule has 0 aliphatic carbocycles. The fraction of sp³-hybridized carbons (Fsp3) is 0.176. The molecule has 0 radical (unpaired) electrons. The molecule has 0 saturated carbocycles. The van der Waals surface area contributed by atoms with Crippen molar-refractivity contribution in [1.82, 2.24) is 4.90 Å². The van der Waals surface area contributed by atoms with Gasteiger partial charge in [0, 0.05) is 29.7 Å². The summed E-state index contributed by atoms with van der Waals surface area (Å²) >= 11 is 1.69. The summed E-state index contributed by atoms with van der Waals surface area (Å²) in [4.78, 5) is 26.0. The van der Waals surface area contributed by atoms with Crippen LogP contribution >= 0.6 is 11.8 Å². The summed E-state index contributed by atoms with van der Waals surface area (Å²) in [5.41, 5.74) is 7.24. The topological polar surface area (TPSA) is 75.4 Å². The molecule has 120 valence electrons. The molecule has 2 aromatic carbocycles. The first-order chi connectivity index (χ1) is 11.0. The molecular weight excluding hydrogens is 310 g/mol. The van der Waals surface area contributed by atoms with Crippen LogP contribution in [0, 0.1) is 0 Å². The third kappa shape index (κ3) is 4.75. The molecule has 0 heterocycles. The zero-order valence-electron chi connectivity index (χ0n) is 13.1. The lowest BCUT2D eigenvalue weighted by atomic mass is 10.1. The summed E-state index contributed by atoms with van der Waals surface area (Å²) in [7, 11) is 1.76. The number of benzene rings is 2. The second-order valence-electron chi connectivity index (χ2n) is 5.08. The Morgan fingerprint density at radius 3 is 2.22 bits per heavy atom. The Hall–Kier alpha value is -2.47. The van der Waals surface area contributed by atoms with Gasteiger partial charge in [0.05, 0.1) is 0 Å². The van der Waals surface area contributed by atoms with Gasteiger partial charge >= 0.3 is 6.03 Å². The number of rotatable bonds is 5. The standard InChI is InChI=1S/C17H19N3O2S/c1-20(11-12-3-9-15(23-2)10-4-12)16(21)13-5-7-14(8-6-13)19-17(18)22/h3-10H,11H2,1-2H3,(H3,18,19,22). The zero-order valence-corrected chi connectivity index (χ0v) is 13.9. The Bertz CT molecular complexity index is 684. The highest BCUT2D eigenvalue weighted by molar-refractivity contribution is 7.98. The number of nitrogens with zero attached hydrogens (tertiary/aromatic N) is 1. The summed E-state index contributed by atoms with van der Waals surface area (Å²) in [6.07, 6.45) is 2.03. The molecule has 2 aromatic rings. The molecule has 0 unspecified atom stereocenters. The van der Waals surface area contributed by atoms with Crippen LogP contribution in [0.2, 0.25) is 0 Å². The average molecular weight is 329 g/mol. The Kier molecular flexibility index (Phi) is 5.65. The first kappa shape index (κ1) is 16.9. The van der Waals surface area contributed by atoms with Crippen LogP contribution < -0.4 is 11.1 Å². The number of carbonyl (C=O) groups excluding carboxylic acids is 2. The highest BCUT2D eigenvalue weighted by Crippen LogP contribution is 2.17. The molecule has 6 heteroatoms. The molecule has 2 rings (SSSR count). The molecule has 23 heavy (non-hydrogen) atoms. The van der Waals surface area contributed by atoms with E-state index >= 15 is 0 Å². The molecule has 0 aliphatic rings. The van der Waals surface area contributed by atoms with Crippen molar-refractivity contribution >= 4 is 29.4 Å². The Morgan fingerprint density at radius 1 is 1.09 bits per heavy atom. The summed E-state index contributed by atoms with van der Waals surface area (Å²) in [5.74, 6) is -0.0791. The quantitative estimate of drug-likeness (QED) is 0.827. The van der Waals surface area contributed by atoms with Crippen LogP contribution in [-0.2, 0) is 6.54 Å². The Balaban J connectivity index is 2.02. The molecule has 0 fully saturated rings. The highest BCUT2D eigenvalue weighted by Gasteiger charge is 2.12. The maximum absolute atomic E-state index is 12.4. The van der Waals surface area contributed by atoms with E-state index in [2.05, 4.69) is 5.32 Å². The number of nitrogens with two attached hydrogens (primary N) is 1. The van der Waals surface area contributed by atoms with Crippen molar-refractivity contribution in [2.75, 3.05) is 18.6 Å². The SMILES string of the molecule is CSc1ccc(CN(C)C(=O)c2ccc(NC(N)=O)cc2)cc1. The normalized spacial score (nSPS) is 10.2. The second-order valence-corrected chi connectivity index (χ2v) is 5.96. The number of anilines is 1. The van der Waals surface area contributed by atoms with Gasteiger partial charge in [-0.25, -0.2) is 4.79 Å². The van der Waals surface area contributed by atoms with E-state index in [4.69, 9.17) is 5.73 Å². The van der Waals surface area contributed by atoms with Crippen LogP contribution in [-0.4, -0.2) is 30.1 Å². The van der Waals surface area contributed by atoms with Gasteiger partial charge in [-0.15, -0.1) is 11.8 Å². The van der Waals surface area contributed by atoms with Gasteiger partial charge in [0.15, 0.2) is 0 Å². The molecule has 3 N–H and O–H groups in total. The first-order valence-corrected chi connectivity index (χ1v) is 8.27. The Labute approximate surface area is 139 Å². The van der Waals surface area contributed by atoms with Gasteiger partial charge < -0.3 is 16.0 Å². The lowest BCUT2D eigenvalue weighted by Crippen LogP contribution is -2.26. The van der Waals surface area contributed by atoms with E-state index < -0.39 is 6.03 Å². The lowest BCUT2D eigenvalue weighted by Gasteiger charge is -2.17. The summed E-state index contributed by atoms with van der Waals surface area (Å²) in [5, 5.41) is 2.46. The maximum Gasteiger partial charge on any atom is 0.316 e. The number of urea groups is 1. The maximum atomic E-state index is 12.4. The van der Waals surface area contributed by atoms with Gasteiger partial charge in [0.2, 0.25) is 0 Å².